The molecule has 3 aromatic carbocycles. The third kappa shape index (κ3) is 13.2. The van der Waals surface area contributed by atoms with Crippen LogP contribution in [0.3, 0.4) is 0 Å². The van der Waals surface area contributed by atoms with Crippen molar-refractivity contribution in [2.24, 2.45) is 0 Å². The van der Waals surface area contributed by atoms with Gasteiger partial charge in [0.15, 0.2) is 17.3 Å². The van der Waals surface area contributed by atoms with Gasteiger partial charge in [0.1, 0.15) is 24.0 Å². The van der Waals surface area contributed by atoms with Crippen molar-refractivity contribution in [3.63, 3.8) is 0 Å². The highest BCUT2D eigenvalue weighted by Crippen LogP contribution is 2.33. The molecule has 2 atom stereocenters. The van der Waals surface area contributed by atoms with E-state index < -0.39 is 35.0 Å². The van der Waals surface area contributed by atoms with Gasteiger partial charge >= 0.3 is 5.97 Å². The summed E-state index contributed by atoms with van der Waals surface area (Å²) in [6.07, 6.45) is 0.0285. The highest BCUT2D eigenvalue weighted by molar-refractivity contribution is 14.1. The number of hydrogen-bond acceptors (Lipinski definition) is 16. The van der Waals surface area contributed by atoms with Crippen LogP contribution in [0.2, 0.25) is 0 Å². The van der Waals surface area contributed by atoms with Crippen LogP contribution in [0.1, 0.15) is 36.2 Å². The Morgan fingerprint density at radius 3 is 2.21 bits per heavy atom. The summed E-state index contributed by atoms with van der Waals surface area (Å²) in [5.74, 6) is -2.60. The molecule has 2 fully saturated rings. The van der Waals surface area contributed by atoms with E-state index in [1.54, 1.807) is 13.2 Å². The summed E-state index contributed by atoms with van der Waals surface area (Å²) in [6.45, 7) is 9.04. The first-order chi connectivity index (χ1) is 33.0. The lowest BCUT2D eigenvalue weighted by Gasteiger charge is -2.37. The molecule has 2 aliphatic rings. The van der Waals surface area contributed by atoms with Crippen LogP contribution in [0.25, 0.3) is 22.3 Å². The Hall–Kier alpha value is -5.43. The van der Waals surface area contributed by atoms with Crippen LogP contribution in [0.4, 0.5) is 36.3 Å². The fourth-order valence-corrected chi connectivity index (χ4v) is 7.85. The molecule has 2 saturated heterocycles. The van der Waals surface area contributed by atoms with E-state index in [0.29, 0.717) is 71.7 Å². The number of carbonyl (C=O) groups is 2. The first-order valence-electron chi connectivity index (χ1n) is 22.1. The van der Waals surface area contributed by atoms with Gasteiger partial charge in [0.2, 0.25) is 5.95 Å². The van der Waals surface area contributed by atoms with Gasteiger partial charge in [-0.1, -0.05) is 0 Å². The average Bonchev–Trinajstić information content (AvgIpc) is 3.34. The second-order valence-corrected chi connectivity index (χ2v) is 17.0. The van der Waals surface area contributed by atoms with Gasteiger partial charge in [0.25, 0.3) is 5.91 Å². The number of morpholine rings is 2. The molecule has 4 heterocycles. The number of nitrogens with one attached hydrogen (secondary N) is 2. The van der Waals surface area contributed by atoms with Crippen molar-refractivity contribution in [2.45, 2.75) is 39.0 Å². The lowest BCUT2D eigenvalue weighted by molar-refractivity contribution is -0.146. The molecule has 0 spiro atoms. The number of aromatic nitrogens is 3. The molecule has 0 unspecified atom stereocenters. The van der Waals surface area contributed by atoms with Gasteiger partial charge in [-0.3, -0.25) is 14.4 Å². The van der Waals surface area contributed by atoms with Crippen LogP contribution < -0.4 is 25.3 Å². The molecule has 364 valence electrons. The molecule has 7 rings (SSSR count). The molecule has 5 aromatic rings. The topological polar surface area (TPSA) is 177 Å². The maximum atomic E-state index is 14.7. The number of methoxy groups -OCH3 is 1. The number of halogens is 4. The fourth-order valence-electron chi connectivity index (χ4n) is 7.40. The summed E-state index contributed by atoms with van der Waals surface area (Å²) in [5, 5.41) is 3.30. The highest BCUT2D eigenvalue weighted by atomic mass is 127. The quantitative estimate of drug-likeness (QED) is 0.0321. The van der Waals surface area contributed by atoms with Gasteiger partial charge in [-0.2, -0.15) is 9.97 Å². The monoisotopic (exact) mass is 1060 g/mol. The Bertz CT molecular complexity index is 2530. The first-order valence-corrected chi connectivity index (χ1v) is 23.1. The smallest absolute Gasteiger partial charge is 0.308 e. The van der Waals surface area contributed by atoms with Crippen LogP contribution >= 0.6 is 22.6 Å². The molecule has 0 bridgehead atoms. The van der Waals surface area contributed by atoms with Crippen LogP contribution in [-0.4, -0.2) is 132 Å². The van der Waals surface area contributed by atoms with E-state index in [1.807, 2.05) is 52.9 Å². The average molecular weight is 1060 g/mol. The molecular weight excluding hydrogens is 1010 g/mol. The summed E-state index contributed by atoms with van der Waals surface area (Å²) in [4.78, 5) is 50.0. The number of esters is 1. The van der Waals surface area contributed by atoms with E-state index in [1.165, 1.54) is 12.1 Å². The first kappa shape index (κ1) is 50.4. The SMILES string of the molecule is COc1ccc(-c2ccc3c(N4CCOC[C@@H]4C)nc(N4CCOC[C@@H]4C)nc3n2)cc1COC(=O)CCOCCOCCOCCONC(=O)c1ccc(F)c(F)c1Nc1ccc(I)cc1F. The lowest BCUT2D eigenvalue weighted by atomic mass is 10.1. The second kappa shape index (κ2) is 24.7. The van der Waals surface area contributed by atoms with Gasteiger partial charge in [-0.15, -0.1) is 0 Å². The molecule has 2 N–H and O–H groups in total. The Morgan fingerprint density at radius 2 is 1.50 bits per heavy atom. The van der Waals surface area contributed by atoms with Crippen molar-refractivity contribution >= 4 is 68.6 Å². The van der Waals surface area contributed by atoms with Crippen molar-refractivity contribution < 1.29 is 60.8 Å². The van der Waals surface area contributed by atoms with Crippen molar-refractivity contribution in [2.75, 3.05) is 108 Å². The number of anilines is 4. The Kier molecular flexibility index (Phi) is 18.3. The largest absolute Gasteiger partial charge is 0.496 e. The number of carbonyl (C=O) groups excluding carboxylic acids is 2. The minimum Gasteiger partial charge on any atom is -0.496 e. The molecule has 0 aliphatic carbocycles. The second-order valence-electron chi connectivity index (χ2n) is 15.7. The van der Waals surface area contributed by atoms with E-state index in [-0.39, 0.29) is 82.6 Å². The summed E-state index contributed by atoms with van der Waals surface area (Å²) in [7, 11) is 1.56. The van der Waals surface area contributed by atoms with Crippen molar-refractivity contribution in [3.8, 4) is 17.0 Å². The van der Waals surface area contributed by atoms with Crippen molar-refractivity contribution in [1.82, 2.24) is 20.4 Å². The van der Waals surface area contributed by atoms with Gasteiger partial charge in [-0.25, -0.2) is 23.6 Å². The third-order valence-electron chi connectivity index (χ3n) is 11.0. The zero-order valence-electron chi connectivity index (χ0n) is 37.9. The summed E-state index contributed by atoms with van der Waals surface area (Å²) < 4.78 is 82.7. The Balaban J connectivity index is 0.806. The molecule has 0 radical (unpaired) electrons. The molecule has 21 heteroatoms. The number of ether oxygens (including phenoxy) is 7. The number of fused-ring (bicyclic) bond motifs is 1. The van der Waals surface area contributed by atoms with Gasteiger partial charge < -0.3 is 48.3 Å². The van der Waals surface area contributed by atoms with Crippen LogP contribution in [-0.2, 0) is 44.7 Å². The molecular formula is C47H53F3IN7O10. The van der Waals surface area contributed by atoms with Crippen molar-refractivity contribution in [3.05, 3.63) is 92.8 Å². The number of nitrogens with zero attached hydrogens (tertiary/aromatic N) is 5. The number of pyridine rings is 1. The maximum Gasteiger partial charge on any atom is 0.308 e. The standard InChI is InChI=1S/C47H53F3IN7O10/c1-29-26-65-16-13-57(29)45-35-7-10-38(53-44(35)54-47(55-45)58-14-17-66-27-30(58)2)31-4-11-40(61-3)32(24-31)28-67-41(59)12-15-62-18-19-63-20-21-64-22-23-68-56-46(60)34-6-8-36(48)42(50)43(34)52-39-9-5-33(51)25-37(39)49/h4-11,24-25,29-30,52H,12-23,26-28H2,1-3H3,(H,56,60)/t29-,30-/m0/s1. The molecule has 1 amide bonds. The third-order valence-corrected chi connectivity index (χ3v) is 11.6. The maximum absolute atomic E-state index is 14.7. The summed E-state index contributed by atoms with van der Waals surface area (Å²) in [5.41, 5.74) is 3.90. The number of hydrogen-bond donors (Lipinski definition) is 2. The minimum atomic E-state index is -1.35. The van der Waals surface area contributed by atoms with Gasteiger partial charge in [0, 0.05) is 27.8 Å². The van der Waals surface area contributed by atoms with E-state index in [2.05, 4.69) is 34.4 Å². The molecule has 68 heavy (non-hydrogen) atoms. The molecule has 2 aliphatic heterocycles. The van der Waals surface area contributed by atoms with E-state index in [9.17, 15) is 22.8 Å². The lowest BCUT2D eigenvalue weighted by Crippen LogP contribution is -2.46. The normalized spacial score (nSPS) is 16.2. The number of benzene rings is 3. The van der Waals surface area contributed by atoms with E-state index in [0.717, 1.165) is 28.9 Å². The Labute approximate surface area is 405 Å². The van der Waals surface area contributed by atoms with Gasteiger partial charge in [-0.05, 0) is 97.1 Å². The van der Waals surface area contributed by atoms with Crippen LogP contribution in [0.15, 0.2) is 60.7 Å². The number of amides is 1. The molecule has 17 nitrogen and oxygen atoms in total. The minimum absolute atomic E-state index is 0.0203. The van der Waals surface area contributed by atoms with Crippen molar-refractivity contribution in [1.29, 1.82) is 0 Å². The fraction of sp³-hybridized carbons (Fsp3) is 0.426. The molecule has 0 saturated carbocycles. The van der Waals surface area contributed by atoms with Crippen LogP contribution in [0, 0.1) is 21.0 Å². The predicted octanol–water partition coefficient (Wildman–Crippen LogP) is 6.76. The van der Waals surface area contributed by atoms with E-state index >= 15 is 0 Å². The number of hydroxylamine groups is 1. The predicted molar refractivity (Wildman–Crippen MR) is 254 cm³/mol. The summed E-state index contributed by atoms with van der Waals surface area (Å²) in [6, 6.07) is 15.8. The highest BCUT2D eigenvalue weighted by Gasteiger charge is 2.28. The van der Waals surface area contributed by atoms with Crippen LogP contribution in [0.5, 0.6) is 5.75 Å². The summed E-state index contributed by atoms with van der Waals surface area (Å²) >= 11 is 1.91. The van der Waals surface area contributed by atoms with E-state index in [4.69, 9.17) is 52.9 Å². The zero-order valence-corrected chi connectivity index (χ0v) is 40.0. The van der Waals surface area contributed by atoms with Gasteiger partial charge in [0.05, 0.1) is 126 Å². The zero-order chi connectivity index (χ0) is 48.0. The Morgan fingerprint density at radius 1 is 0.794 bits per heavy atom. The molecule has 2 aromatic heterocycles. The number of rotatable bonds is 22.